The van der Waals surface area contributed by atoms with Gasteiger partial charge in [-0.2, -0.15) is 0 Å². The topological polar surface area (TPSA) is 26.0 Å². The first-order chi connectivity index (χ1) is 4.31. The Hall–Kier alpha value is -0.980. The lowest BCUT2D eigenvalue weighted by molar-refractivity contribution is 1.43. The van der Waals surface area contributed by atoms with Crippen LogP contribution in [-0.2, 0) is 0 Å². The van der Waals surface area contributed by atoms with Crippen molar-refractivity contribution in [2.45, 2.75) is 13.8 Å². The smallest absolute Gasteiger partial charge is 0.00325 e. The van der Waals surface area contributed by atoms with E-state index < -0.39 is 0 Å². The average Bonchev–Trinajstić information content (AvgIpc) is 1.89. The van der Waals surface area contributed by atoms with E-state index in [0.717, 1.165) is 5.57 Å². The predicted octanol–water partition coefficient (Wildman–Crippen LogP) is 1.98. The van der Waals surface area contributed by atoms with Gasteiger partial charge in [-0.15, -0.1) is 0 Å². The maximum absolute atomic E-state index is 5.22. The second-order valence-corrected chi connectivity index (χ2v) is 1.80. The van der Waals surface area contributed by atoms with E-state index in [1.165, 1.54) is 0 Å². The van der Waals surface area contributed by atoms with Crippen LogP contribution in [0.4, 0.5) is 0 Å². The molecule has 2 N–H and O–H groups in total. The molecule has 0 fully saturated rings. The molecule has 0 rings (SSSR count). The number of hydrogen-bond acceptors (Lipinski definition) is 1. The van der Waals surface area contributed by atoms with Crippen molar-refractivity contribution in [2.75, 3.05) is 0 Å². The molecule has 0 amide bonds. The molecule has 9 heavy (non-hydrogen) atoms. The summed E-state index contributed by atoms with van der Waals surface area (Å²) in [5.74, 6) is 0. The highest BCUT2D eigenvalue weighted by Crippen LogP contribution is 1.90. The van der Waals surface area contributed by atoms with E-state index >= 15 is 0 Å². The Labute approximate surface area is 56.6 Å². The minimum absolute atomic E-state index is 1.08. The number of allylic oxidation sites excluding steroid dienone is 5. The SMILES string of the molecule is C\C=C/C=C\C(C)=C/N. The second-order valence-electron chi connectivity index (χ2n) is 1.80. The fraction of sp³-hybridized carbons (Fsp3) is 0.250. The quantitative estimate of drug-likeness (QED) is 0.558. The monoisotopic (exact) mass is 123 g/mol. The van der Waals surface area contributed by atoms with Crippen molar-refractivity contribution in [3.8, 4) is 0 Å². The summed E-state index contributed by atoms with van der Waals surface area (Å²) in [4.78, 5) is 0. The Kier molecular flexibility index (Phi) is 4.60. The second kappa shape index (κ2) is 5.16. The third kappa shape index (κ3) is 4.88. The molecule has 0 aromatic rings. The Morgan fingerprint density at radius 2 is 2.00 bits per heavy atom. The van der Waals surface area contributed by atoms with E-state index in [9.17, 15) is 0 Å². The Morgan fingerprint density at radius 1 is 1.33 bits per heavy atom. The molecule has 0 spiro atoms. The minimum Gasteiger partial charge on any atom is -0.404 e. The van der Waals surface area contributed by atoms with Crippen molar-refractivity contribution in [3.63, 3.8) is 0 Å². The minimum atomic E-state index is 1.08. The van der Waals surface area contributed by atoms with Crippen molar-refractivity contribution in [1.82, 2.24) is 0 Å². The summed E-state index contributed by atoms with van der Waals surface area (Å²) in [5.41, 5.74) is 6.29. The molecule has 0 saturated heterocycles. The highest BCUT2D eigenvalue weighted by molar-refractivity contribution is 5.18. The summed E-state index contributed by atoms with van der Waals surface area (Å²) in [5, 5.41) is 0. The zero-order valence-corrected chi connectivity index (χ0v) is 5.96. The van der Waals surface area contributed by atoms with Crippen molar-refractivity contribution in [1.29, 1.82) is 0 Å². The normalized spacial score (nSPS) is 13.8. The molecule has 0 bridgehead atoms. The van der Waals surface area contributed by atoms with Crippen LogP contribution in [0.1, 0.15) is 13.8 Å². The van der Waals surface area contributed by atoms with Gasteiger partial charge in [0, 0.05) is 0 Å². The van der Waals surface area contributed by atoms with Crippen LogP contribution in [0.15, 0.2) is 36.1 Å². The van der Waals surface area contributed by atoms with Crippen LogP contribution in [-0.4, -0.2) is 0 Å². The Balaban J connectivity index is 3.71. The molecule has 0 aromatic carbocycles. The van der Waals surface area contributed by atoms with Crippen LogP contribution in [0.2, 0.25) is 0 Å². The summed E-state index contributed by atoms with van der Waals surface area (Å²) in [6, 6.07) is 0. The van der Waals surface area contributed by atoms with Gasteiger partial charge in [0.05, 0.1) is 0 Å². The molecule has 0 aliphatic carbocycles. The van der Waals surface area contributed by atoms with Crippen LogP contribution in [0, 0.1) is 0 Å². The highest BCUT2D eigenvalue weighted by atomic mass is 14.5. The van der Waals surface area contributed by atoms with Gasteiger partial charge in [-0.1, -0.05) is 24.3 Å². The summed E-state index contributed by atoms with van der Waals surface area (Å²) < 4.78 is 0. The summed E-state index contributed by atoms with van der Waals surface area (Å²) in [7, 11) is 0. The third-order valence-electron chi connectivity index (χ3n) is 0.926. The molecule has 0 heterocycles. The fourth-order valence-corrected chi connectivity index (χ4v) is 0.374. The van der Waals surface area contributed by atoms with Gasteiger partial charge < -0.3 is 5.73 Å². The highest BCUT2D eigenvalue weighted by Gasteiger charge is 1.72. The van der Waals surface area contributed by atoms with Gasteiger partial charge in [-0.3, -0.25) is 0 Å². The first-order valence-electron chi connectivity index (χ1n) is 2.99. The maximum atomic E-state index is 5.22. The van der Waals surface area contributed by atoms with Crippen LogP contribution < -0.4 is 5.73 Å². The van der Waals surface area contributed by atoms with Crippen LogP contribution in [0.5, 0.6) is 0 Å². The van der Waals surface area contributed by atoms with E-state index in [1.807, 2.05) is 38.2 Å². The van der Waals surface area contributed by atoms with E-state index in [-0.39, 0.29) is 0 Å². The van der Waals surface area contributed by atoms with Gasteiger partial charge >= 0.3 is 0 Å². The molecule has 0 aromatic heterocycles. The summed E-state index contributed by atoms with van der Waals surface area (Å²) in [6.07, 6.45) is 9.44. The molecule has 0 atom stereocenters. The molecule has 0 radical (unpaired) electrons. The van der Waals surface area contributed by atoms with Gasteiger partial charge in [-0.25, -0.2) is 0 Å². The Bertz CT molecular complexity index is 141. The molecular formula is C8H13N. The lowest BCUT2D eigenvalue weighted by Crippen LogP contribution is -1.79. The van der Waals surface area contributed by atoms with Gasteiger partial charge in [-0.05, 0) is 25.6 Å². The summed E-state index contributed by atoms with van der Waals surface area (Å²) in [6.45, 7) is 3.94. The molecule has 50 valence electrons. The first kappa shape index (κ1) is 8.02. The van der Waals surface area contributed by atoms with E-state index in [1.54, 1.807) is 6.20 Å². The van der Waals surface area contributed by atoms with E-state index in [0.29, 0.717) is 0 Å². The molecule has 1 nitrogen and oxygen atoms in total. The number of rotatable bonds is 2. The van der Waals surface area contributed by atoms with Gasteiger partial charge in [0.1, 0.15) is 0 Å². The van der Waals surface area contributed by atoms with E-state index in [4.69, 9.17) is 5.73 Å². The van der Waals surface area contributed by atoms with Crippen molar-refractivity contribution < 1.29 is 0 Å². The molecule has 0 aliphatic heterocycles. The molecule has 0 aliphatic rings. The van der Waals surface area contributed by atoms with Crippen molar-refractivity contribution in [2.24, 2.45) is 5.73 Å². The maximum Gasteiger partial charge on any atom is -0.00325 e. The summed E-state index contributed by atoms with van der Waals surface area (Å²) >= 11 is 0. The van der Waals surface area contributed by atoms with Gasteiger partial charge in [0.15, 0.2) is 0 Å². The van der Waals surface area contributed by atoms with Crippen molar-refractivity contribution in [3.05, 3.63) is 36.1 Å². The zero-order chi connectivity index (χ0) is 7.11. The number of hydrogen-bond donors (Lipinski definition) is 1. The molecule has 1 heteroatoms. The first-order valence-corrected chi connectivity index (χ1v) is 2.99. The molecule has 0 saturated carbocycles. The van der Waals surface area contributed by atoms with Gasteiger partial charge in [0.25, 0.3) is 0 Å². The van der Waals surface area contributed by atoms with Crippen LogP contribution >= 0.6 is 0 Å². The van der Waals surface area contributed by atoms with Crippen LogP contribution in [0.3, 0.4) is 0 Å². The number of nitrogens with two attached hydrogens (primary N) is 1. The Morgan fingerprint density at radius 3 is 2.44 bits per heavy atom. The third-order valence-corrected chi connectivity index (χ3v) is 0.926. The zero-order valence-electron chi connectivity index (χ0n) is 5.96. The standard InChI is InChI=1S/C8H13N/c1-3-4-5-6-8(2)7-9/h3-7H,9H2,1-2H3/b4-3-,6-5-,8-7-. The van der Waals surface area contributed by atoms with Crippen LogP contribution in [0.25, 0.3) is 0 Å². The molecular weight excluding hydrogens is 110 g/mol. The lowest BCUT2D eigenvalue weighted by atomic mass is 10.3. The van der Waals surface area contributed by atoms with E-state index in [2.05, 4.69) is 0 Å². The molecule has 0 unspecified atom stereocenters. The van der Waals surface area contributed by atoms with Crippen molar-refractivity contribution >= 4 is 0 Å². The average molecular weight is 123 g/mol. The van der Waals surface area contributed by atoms with Gasteiger partial charge in [0.2, 0.25) is 0 Å². The fourth-order valence-electron chi connectivity index (χ4n) is 0.374. The lowest BCUT2D eigenvalue weighted by Gasteiger charge is -1.82. The largest absolute Gasteiger partial charge is 0.404 e. The predicted molar refractivity (Wildman–Crippen MR) is 41.9 cm³/mol.